The number of thiazole rings is 1. The fraction of sp³-hybridized carbons (Fsp3) is 0.333. The van der Waals surface area contributed by atoms with Gasteiger partial charge in [-0.05, 0) is 25.0 Å². The van der Waals surface area contributed by atoms with E-state index in [1.54, 1.807) is 5.38 Å². The number of hydrogen-bond acceptors (Lipinski definition) is 6. The molecule has 0 bridgehead atoms. The topological polar surface area (TPSA) is 97.4 Å². The number of carbonyl (C=O) groups is 1. The SMILES string of the molecule is O=C(Nc1nccs1)c1cc(S(=O)(=O)NCC2CCCO2)c(Cl)cc1Cl. The van der Waals surface area contributed by atoms with Gasteiger partial charge in [-0.25, -0.2) is 18.1 Å². The lowest BCUT2D eigenvalue weighted by Crippen LogP contribution is -2.32. The number of benzene rings is 1. The highest BCUT2D eigenvalue weighted by atomic mass is 35.5. The van der Waals surface area contributed by atoms with E-state index >= 15 is 0 Å². The van der Waals surface area contributed by atoms with E-state index < -0.39 is 15.9 Å². The van der Waals surface area contributed by atoms with Crippen molar-refractivity contribution < 1.29 is 17.9 Å². The normalized spacial score (nSPS) is 17.4. The van der Waals surface area contributed by atoms with Crippen LogP contribution in [0.3, 0.4) is 0 Å². The first-order valence-corrected chi connectivity index (χ1v) is 10.8. The summed E-state index contributed by atoms with van der Waals surface area (Å²) in [7, 11) is -3.93. The summed E-state index contributed by atoms with van der Waals surface area (Å²) >= 11 is 13.4. The number of carbonyl (C=O) groups excluding carboxylic acids is 1. The monoisotopic (exact) mass is 435 g/mol. The number of anilines is 1. The maximum absolute atomic E-state index is 12.6. The van der Waals surface area contributed by atoms with Crippen LogP contribution in [0, 0.1) is 0 Å². The van der Waals surface area contributed by atoms with E-state index in [0.717, 1.165) is 18.9 Å². The lowest BCUT2D eigenvalue weighted by molar-refractivity contribution is 0.102. The minimum absolute atomic E-state index is 0.0104. The van der Waals surface area contributed by atoms with Gasteiger partial charge in [0, 0.05) is 24.7 Å². The Morgan fingerprint density at radius 1 is 1.35 bits per heavy atom. The predicted molar refractivity (Wildman–Crippen MR) is 101 cm³/mol. The molecule has 140 valence electrons. The molecule has 3 rings (SSSR count). The number of amides is 1. The van der Waals surface area contributed by atoms with Crippen molar-refractivity contribution in [3.8, 4) is 0 Å². The Morgan fingerprint density at radius 3 is 2.81 bits per heavy atom. The summed E-state index contributed by atoms with van der Waals surface area (Å²) in [5.41, 5.74) is -0.0104. The summed E-state index contributed by atoms with van der Waals surface area (Å²) in [5, 5.41) is 4.61. The highest BCUT2D eigenvalue weighted by molar-refractivity contribution is 7.89. The van der Waals surface area contributed by atoms with Crippen molar-refractivity contribution in [3.63, 3.8) is 0 Å². The van der Waals surface area contributed by atoms with Gasteiger partial charge in [-0.3, -0.25) is 10.1 Å². The van der Waals surface area contributed by atoms with Crippen LogP contribution in [0.4, 0.5) is 5.13 Å². The maximum atomic E-state index is 12.6. The number of ether oxygens (including phenoxy) is 1. The van der Waals surface area contributed by atoms with Crippen LogP contribution in [0.15, 0.2) is 28.6 Å². The van der Waals surface area contributed by atoms with Gasteiger partial charge in [0.1, 0.15) is 4.90 Å². The van der Waals surface area contributed by atoms with E-state index in [4.69, 9.17) is 27.9 Å². The van der Waals surface area contributed by atoms with E-state index in [1.165, 1.54) is 23.6 Å². The van der Waals surface area contributed by atoms with Gasteiger partial charge in [0.15, 0.2) is 5.13 Å². The molecule has 1 aliphatic rings. The van der Waals surface area contributed by atoms with Gasteiger partial charge in [-0.2, -0.15) is 0 Å². The predicted octanol–water partition coefficient (Wildman–Crippen LogP) is 3.16. The lowest BCUT2D eigenvalue weighted by atomic mass is 10.2. The van der Waals surface area contributed by atoms with Crippen LogP contribution < -0.4 is 10.0 Å². The van der Waals surface area contributed by atoms with Gasteiger partial charge in [-0.15, -0.1) is 11.3 Å². The Kier molecular flexibility index (Phi) is 6.16. The fourth-order valence-electron chi connectivity index (χ4n) is 2.44. The second-order valence-corrected chi connectivity index (χ2v) is 8.99. The van der Waals surface area contributed by atoms with Crippen LogP contribution in [0.5, 0.6) is 0 Å². The molecule has 1 aromatic carbocycles. The summed E-state index contributed by atoms with van der Waals surface area (Å²) < 4.78 is 33.0. The van der Waals surface area contributed by atoms with Gasteiger partial charge in [-0.1, -0.05) is 23.2 Å². The first-order valence-electron chi connectivity index (χ1n) is 7.68. The van der Waals surface area contributed by atoms with Gasteiger partial charge in [0.25, 0.3) is 5.91 Å². The molecule has 0 aliphatic carbocycles. The van der Waals surface area contributed by atoms with Crippen molar-refractivity contribution in [2.75, 3.05) is 18.5 Å². The van der Waals surface area contributed by atoms with Gasteiger partial charge < -0.3 is 4.74 Å². The number of halogens is 2. The highest BCUT2D eigenvalue weighted by Gasteiger charge is 2.25. The smallest absolute Gasteiger partial charge is 0.259 e. The standard InChI is InChI=1S/C15H15Cl2N3O4S2/c16-11-7-12(17)13(26(22,23)19-8-9-2-1-4-24-9)6-10(11)14(21)20-15-18-3-5-25-15/h3,5-7,9,19H,1-2,4,8H2,(H,18,20,21). The summed E-state index contributed by atoms with van der Waals surface area (Å²) in [5.74, 6) is -0.572. The van der Waals surface area contributed by atoms with Crippen molar-refractivity contribution in [2.24, 2.45) is 0 Å². The fourth-order valence-corrected chi connectivity index (χ4v) is 4.89. The van der Waals surface area contributed by atoms with E-state index in [1.807, 2.05) is 0 Å². The lowest BCUT2D eigenvalue weighted by Gasteiger charge is -2.14. The van der Waals surface area contributed by atoms with E-state index in [2.05, 4.69) is 15.0 Å². The third-order valence-corrected chi connectivity index (χ3v) is 6.62. The first-order chi connectivity index (χ1) is 12.4. The average molecular weight is 436 g/mol. The molecule has 2 heterocycles. The molecule has 1 unspecified atom stereocenters. The zero-order valence-corrected chi connectivity index (χ0v) is 16.5. The third-order valence-electron chi connectivity index (χ3n) is 3.73. The van der Waals surface area contributed by atoms with Gasteiger partial charge in [0.05, 0.1) is 21.7 Å². The quantitative estimate of drug-likeness (QED) is 0.725. The summed E-state index contributed by atoms with van der Waals surface area (Å²) in [4.78, 5) is 16.1. The Hall–Kier alpha value is -1.23. The Bertz CT molecular complexity index is 898. The molecule has 1 aliphatic heterocycles. The largest absolute Gasteiger partial charge is 0.377 e. The van der Waals surface area contributed by atoms with Crippen molar-refractivity contribution >= 4 is 55.6 Å². The van der Waals surface area contributed by atoms with Crippen molar-refractivity contribution in [2.45, 2.75) is 23.8 Å². The Balaban J connectivity index is 1.83. The summed E-state index contributed by atoms with van der Waals surface area (Å²) in [6.07, 6.45) is 3.06. The Morgan fingerprint density at radius 2 is 2.15 bits per heavy atom. The number of hydrogen-bond donors (Lipinski definition) is 2. The molecule has 1 saturated heterocycles. The molecule has 0 saturated carbocycles. The van der Waals surface area contributed by atoms with E-state index in [-0.39, 0.29) is 33.2 Å². The minimum Gasteiger partial charge on any atom is -0.377 e. The molecule has 1 atom stereocenters. The second kappa shape index (κ2) is 8.20. The molecule has 1 fully saturated rings. The summed E-state index contributed by atoms with van der Waals surface area (Å²) in [6.45, 7) is 0.761. The van der Waals surface area contributed by atoms with E-state index in [0.29, 0.717) is 11.7 Å². The molecule has 26 heavy (non-hydrogen) atoms. The Labute approximate surface area is 164 Å². The maximum Gasteiger partial charge on any atom is 0.259 e. The van der Waals surface area contributed by atoms with Crippen LogP contribution in [0.1, 0.15) is 23.2 Å². The number of rotatable bonds is 6. The van der Waals surface area contributed by atoms with Crippen LogP contribution in [0.25, 0.3) is 0 Å². The molecule has 1 aromatic heterocycles. The highest BCUT2D eigenvalue weighted by Crippen LogP contribution is 2.29. The average Bonchev–Trinajstić information content (AvgIpc) is 3.26. The minimum atomic E-state index is -3.93. The molecule has 0 radical (unpaired) electrons. The van der Waals surface area contributed by atoms with E-state index in [9.17, 15) is 13.2 Å². The summed E-state index contributed by atoms with van der Waals surface area (Å²) in [6, 6.07) is 2.39. The molecular formula is C15H15Cl2N3O4S2. The number of aromatic nitrogens is 1. The van der Waals surface area contributed by atoms with Crippen molar-refractivity contribution in [1.82, 2.24) is 9.71 Å². The van der Waals surface area contributed by atoms with Gasteiger partial charge >= 0.3 is 0 Å². The zero-order valence-electron chi connectivity index (χ0n) is 13.4. The van der Waals surface area contributed by atoms with Crippen LogP contribution >= 0.6 is 34.5 Å². The molecular weight excluding hydrogens is 421 g/mol. The van der Waals surface area contributed by atoms with Crippen LogP contribution in [0.2, 0.25) is 10.0 Å². The van der Waals surface area contributed by atoms with Crippen LogP contribution in [-0.4, -0.2) is 38.6 Å². The third kappa shape index (κ3) is 4.54. The molecule has 2 N–H and O–H groups in total. The molecule has 7 nitrogen and oxygen atoms in total. The molecule has 11 heteroatoms. The van der Waals surface area contributed by atoms with Gasteiger partial charge in [0.2, 0.25) is 10.0 Å². The number of nitrogens with one attached hydrogen (secondary N) is 2. The molecule has 2 aromatic rings. The number of nitrogens with zero attached hydrogens (tertiary/aromatic N) is 1. The van der Waals surface area contributed by atoms with Crippen molar-refractivity contribution in [1.29, 1.82) is 0 Å². The molecule has 1 amide bonds. The number of sulfonamides is 1. The zero-order chi connectivity index (χ0) is 18.7. The first kappa shape index (κ1) is 19.5. The molecule has 0 spiro atoms. The van der Waals surface area contributed by atoms with Crippen LogP contribution in [-0.2, 0) is 14.8 Å². The second-order valence-electron chi connectivity index (χ2n) is 5.54. The van der Waals surface area contributed by atoms with Crippen molar-refractivity contribution in [3.05, 3.63) is 39.3 Å².